The minimum absolute atomic E-state index is 0.0259. The molecule has 71 heavy (non-hydrogen) atoms. The molecule has 0 aromatic heterocycles. The zero-order valence-corrected chi connectivity index (χ0v) is 43.0. The van der Waals surface area contributed by atoms with Crippen LogP contribution in [0.2, 0.25) is 0 Å². The van der Waals surface area contributed by atoms with E-state index < -0.39 is 76.9 Å². The first-order valence-corrected chi connectivity index (χ1v) is 28.3. The monoisotopic (exact) mass is 1070 g/mol. The van der Waals surface area contributed by atoms with Gasteiger partial charge >= 0.3 is 5.97 Å². The van der Waals surface area contributed by atoms with Gasteiger partial charge in [-0.25, -0.2) is 8.42 Å². The molecule has 0 bridgehead atoms. The predicted molar refractivity (Wildman–Crippen MR) is 261 cm³/mol. The smallest absolute Gasteiger partial charge is 0.303 e. The van der Waals surface area contributed by atoms with Crippen LogP contribution in [0, 0.1) is 0 Å². The topological polar surface area (TPSA) is 301 Å². The second-order valence-electron chi connectivity index (χ2n) is 17.8. The van der Waals surface area contributed by atoms with E-state index in [2.05, 4.69) is 0 Å². The zero-order valence-electron chi connectivity index (χ0n) is 39.8. The summed E-state index contributed by atoms with van der Waals surface area (Å²) in [6.07, 6.45) is 6.90. The molecule has 24 heteroatoms. The molecule has 0 spiro atoms. The molecule has 0 radical (unpaired) electrons. The van der Waals surface area contributed by atoms with Gasteiger partial charge in [-0.1, -0.05) is 18.6 Å². The minimum Gasteiger partial charge on any atom is -0.744 e. The Morgan fingerprint density at radius 2 is 1.25 bits per heavy atom. The molecule has 388 valence electrons. The number of rotatable bonds is 25. The van der Waals surface area contributed by atoms with Crippen LogP contribution >= 0.6 is 0 Å². The number of aliphatic carboxylic acids is 1. The fourth-order valence-corrected chi connectivity index (χ4v) is 12.3. The molecule has 6 rings (SSSR count). The average Bonchev–Trinajstić information content (AvgIpc) is 3.65. The van der Waals surface area contributed by atoms with Gasteiger partial charge in [0, 0.05) is 72.0 Å². The van der Waals surface area contributed by atoms with Gasteiger partial charge in [-0.05, 0) is 106 Å². The van der Waals surface area contributed by atoms with Crippen LogP contribution in [0.25, 0.3) is 21.5 Å². The molecule has 1 atom stereocenters. The molecular weight excluding hydrogens is 1010 g/mol. The van der Waals surface area contributed by atoms with Crippen molar-refractivity contribution in [1.29, 1.82) is 0 Å². The summed E-state index contributed by atoms with van der Waals surface area (Å²) in [5.41, 5.74) is 1.18. The number of fused-ring (bicyclic) bond motifs is 6. The van der Waals surface area contributed by atoms with Crippen LogP contribution in [0.3, 0.4) is 0 Å². The van der Waals surface area contributed by atoms with Crippen LogP contribution in [0.1, 0.15) is 70.9 Å². The normalized spacial score (nSPS) is 17.9. The summed E-state index contributed by atoms with van der Waals surface area (Å²) in [5, 5.41) is 9.48. The van der Waals surface area contributed by atoms with Crippen LogP contribution in [0.15, 0.2) is 92.0 Å². The third-order valence-electron chi connectivity index (χ3n) is 12.8. The lowest BCUT2D eigenvalue weighted by Crippen LogP contribution is -2.31. The van der Waals surface area contributed by atoms with Gasteiger partial charge in [-0.3, -0.25) is 18.5 Å². The van der Waals surface area contributed by atoms with Gasteiger partial charge < -0.3 is 33.5 Å². The van der Waals surface area contributed by atoms with Crippen molar-refractivity contribution in [2.75, 3.05) is 71.3 Å². The van der Waals surface area contributed by atoms with Crippen LogP contribution in [0.4, 0.5) is 11.4 Å². The summed E-state index contributed by atoms with van der Waals surface area (Å²) in [5.74, 6) is -0.954. The van der Waals surface area contributed by atoms with Gasteiger partial charge in [0.2, 0.25) is 5.69 Å². The van der Waals surface area contributed by atoms with Crippen LogP contribution in [-0.2, 0) is 75.0 Å². The number of carboxylic acids is 1. The zero-order chi connectivity index (χ0) is 52.3. The number of hydrogen-bond donors (Lipinski definition) is 4. The molecule has 4 aromatic carbocycles. The molecule has 1 unspecified atom stereocenters. The van der Waals surface area contributed by atoms with E-state index in [4.69, 9.17) is 18.9 Å². The first kappa shape index (κ1) is 55.6. The van der Waals surface area contributed by atoms with Crippen molar-refractivity contribution >= 4 is 85.1 Å². The van der Waals surface area contributed by atoms with E-state index in [9.17, 15) is 61.8 Å². The highest BCUT2D eigenvalue weighted by Crippen LogP contribution is 2.54. The Hall–Kier alpha value is -4.70. The molecule has 4 N–H and O–H groups in total. The summed E-state index contributed by atoms with van der Waals surface area (Å²) in [6.45, 7) is 10.1. The number of carboxylic acid groups (broad SMARTS) is 1. The summed E-state index contributed by atoms with van der Waals surface area (Å²) in [6, 6.07) is 9.73. The minimum atomic E-state index is -5.23. The number of allylic oxidation sites excluding steroid dienone is 4. The lowest BCUT2D eigenvalue weighted by Gasteiger charge is -2.31. The van der Waals surface area contributed by atoms with E-state index >= 15 is 0 Å². The first-order valence-electron chi connectivity index (χ1n) is 22.5. The maximum atomic E-state index is 12.9. The summed E-state index contributed by atoms with van der Waals surface area (Å²) in [7, 11) is -18.8. The van der Waals surface area contributed by atoms with Gasteiger partial charge in [-0.15, -0.1) is 0 Å². The van der Waals surface area contributed by atoms with Gasteiger partial charge in [0.15, 0.2) is 5.71 Å². The highest BCUT2D eigenvalue weighted by atomic mass is 32.2. The molecule has 0 saturated carbocycles. The van der Waals surface area contributed by atoms with E-state index in [0.717, 1.165) is 12.1 Å². The van der Waals surface area contributed by atoms with Crippen molar-refractivity contribution in [2.24, 2.45) is 0 Å². The molecular formula is C47H58N2O18S4. The quantitative estimate of drug-likeness (QED) is 0.0337. The molecule has 4 aromatic rings. The Morgan fingerprint density at radius 3 is 1.80 bits per heavy atom. The Balaban J connectivity index is 1.50. The number of nitrogens with zero attached hydrogens (tertiary/aromatic N) is 2. The molecule has 20 nitrogen and oxygen atoms in total. The maximum absolute atomic E-state index is 12.9. The molecule has 0 saturated heterocycles. The van der Waals surface area contributed by atoms with Gasteiger partial charge in [0.05, 0.1) is 59.7 Å². The van der Waals surface area contributed by atoms with Gasteiger partial charge in [0.25, 0.3) is 30.4 Å². The number of ether oxygens (including phenoxy) is 4. The Bertz CT molecular complexity index is 3280. The second-order valence-corrected chi connectivity index (χ2v) is 23.3. The molecule has 0 aliphatic carbocycles. The molecule has 2 heterocycles. The third kappa shape index (κ3) is 12.1. The Labute approximate surface area is 413 Å². The highest BCUT2D eigenvalue weighted by molar-refractivity contribution is 7.87. The van der Waals surface area contributed by atoms with Crippen LogP contribution in [-0.4, -0.2) is 140 Å². The van der Waals surface area contributed by atoms with Crippen molar-refractivity contribution in [3.05, 3.63) is 83.6 Å². The maximum Gasteiger partial charge on any atom is 0.303 e. The lowest BCUT2D eigenvalue weighted by atomic mass is 9.76. The fraction of sp³-hybridized carbons (Fsp3) is 0.447. The molecule has 2 aliphatic heterocycles. The fourth-order valence-electron chi connectivity index (χ4n) is 9.60. The van der Waals surface area contributed by atoms with E-state index in [-0.39, 0.29) is 54.2 Å². The molecule has 0 amide bonds. The van der Waals surface area contributed by atoms with Crippen molar-refractivity contribution in [2.45, 2.75) is 90.2 Å². The number of hydrogen-bond acceptors (Lipinski definition) is 15. The van der Waals surface area contributed by atoms with E-state index in [1.54, 1.807) is 25.3 Å². The largest absolute Gasteiger partial charge is 0.744 e. The predicted octanol–water partition coefficient (Wildman–Crippen LogP) is 5.98. The summed E-state index contributed by atoms with van der Waals surface area (Å²) in [4.78, 5) is 10.2. The van der Waals surface area contributed by atoms with Crippen LogP contribution in [0.5, 0.6) is 0 Å². The Morgan fingerprint density at radius 1 is 0.704 bits per heavy atom. The molecule has 2 aliphatic rings. The first-order chi connectivity index (χ1) is 33.2. The standard InChI is InChI=1S/C47H58N2O18S4/c1-6-48-37-16-14-33-35(27-31(68(52,53)54)29-39(33)70(58,59)60)44(37)46(2,3)41(48)11-10-12-42-47(4,18-20-65-23-24-67-26-25-66-22-21-64-5)45-36-28-32(69(55,56)57)30-40(71(61,62)63)34(36)15-17-38(45)49(42)19-9-7-8-13-43(50)51/h10-12,14-17,27-30H,6-9,13,18-26H2,1-5H3,(H4-,50,51,52,53,54,55,56,57,58,59,60,61,62,63). The highest BCUT2D eigenvalue weighted by Gasteiger charge is 2.47. The van der Waals surface area contributed by atoms with Crippen molar-refractivity contribution in [3.63, 3.8) is 0 Å². The second kappa shape index (κ2) is 21.8. The van der Waals surface area contributed by atoms with Crippen molar-refractivity contribution in [3.8, 4) is 0 Å². The Kier molecular flexibility index (Phi) is 17.1. The van der Waals surface area contributed by atoms with Crippen molar-refractivity contribution < 1.29 is 85.3 Å². The van der Waals surface area contributed by atoms with Crippen molar-refractivity contribution in [1.82, 2.24) is 0 Å². The lowest BCUT2D eigenvalue weighted by molar-refractivity contribution is -0.433. The number of carbonyl (C=O) groups is 1. The van der Waals surface area contributed by atoms with E-state index in [1.165, 1.54) is 12.1 Å². The van der Waals surface area contributed by atoms with Crippen LogP contribution < -0.4 is 4.90 Å². The third-order valence-corrected chi connectivity index (χ3v) is 16.2. The number of anilines is 1. The van der Waals surface area contributed by atoms with Gasteiger partial charge in [-0.2, -0.15) is 29.8 Å². The summed E-state index contributed by atoms with van der Waals surface area (Å²) >= 11 is 0. The van der Waals surface area contributed by atoms with Gasteiger partial charge in [0.1, 0.15) is 21.6 Å². The number of benzene rings is 4. The molecule has 0 fully saturated rings. The summed E-state index contributed by atoms with van der Waals surface area (Å²) < 4.78 is 168. The van der Waals surface area contributed by atoms with E-state index in [1.807, 2.05) is 49.3 Å². The number of methoxy groups -OCH3 is 1. The van der Waals surface area contributed by atoms with E-state index in [0.29, 0.717) is 105 Å². The average molecular weight is 1070 g/mol. The SMILES string of the molecule is CC[N+]1=C(/C=C/C=C2/N(CCCCCC(=O)O)c3ccc4c(S(=O)(=O)O)cc(S(=O)(=O)O)cc4c3C2(C)CCOCCOCCOCCOC)C(C)(C)c2c1ccc1c(S(=O)(=O)[O-])cc(S(=O)(=O)O)cc21. The number of unbranched alkanes of at least 4 members (excludes halogenated alkanes) is 2.